The molecule has 2 aliphatic heterocycles. The molecule has 4 heterocycles. The Bertz CT molecular complexity index is 2060. The number of thiazole rings is 1. The molecule has 58 heavy (non-hydrogen) atoms. The van der Waals surface area contributed by atoms with Gasteiger partial charge in [0.1, 0.15) is 46.8 Å². The molecule has 0 spiro atoms. The summed E-state index contributed by atoms with van der Waals surface area (Å²) in [6.07, 6.45) is 9.51. The molecule has 3 amide bonds. The molecule has 3 aromatic rings. The summed E-state index contributed by atoms with van der Waals surface area (Å²) in [5, 5.41) is 10.9. The fourth-order valence-corrected chi connectivity index (χ4v) is 10.9. The SMILES string of the molecule is CCOP(=O)(O)[C@@]12C[C@@H]1/C=C\CCCCC[C@H](NC(=O)OC1CCCC1)C(=O)N1C[C@H](Oc3cc(-c4csc(NC(C)C)n4)nc4cc(OC)ccc34)C[C@H]1C(=O)N2. The zero-order chi connectivity index (χ0) is 41.0. The minimum Gasteiger partial charge on any atom is -0.497 e. The molecule has 4 N–H and O–H groups in total. The molecule has 2 saturated carbocycles. The number of rotatable bonds is 11. The highest BCUT2D eigenvalue weighted by molar-refractivity contribution is 7.55. The van der Waals surface area contributed by atoms with Crippen LogP contribution in [0.3, 0.4) is 0 Å². The van der Waals surface area contributed by atoms with Crippen LogP contribution in [0.4, 0.5) is 9.93 Å². The van der Waals surface area contributed by atoms with Gasteiger partial charge in [-0.1, -0.05) is 25.0 Å². The molecule has 1 saturated heterocycles. The molecule has 0 bridgehead atoms. The van der Waals surface area contributed by atoms with E-state index in [9.17, 15) is 23.8 Å². The summed E-state index contributed by atoms with van der Waals surface area (Å²) in [5.74, 6) is -0.368. The number of nitrogens with one attached hydrogen (secondary N) is 3. The van der Waals surface area contributed by atoms with Gasteiger partial charge in [-0.2, -0.15) is 0 Å². The van der Waals surface area contributed by atoms with Crippen molar-refractivity contribution in [2.45, 2.75) is 127 Å². The number of amides is 3. The highest BCUT2D eigenvalue weighted by Crippen LogP contribution is 2.70. The maximum atomic E-state index is 14.7. The number of hydrogen-bond acceptors (Lipinski definition) is 12. The summed E-state index contributed by atoms with van der Waals surface area (Å²) in [5.41, 5.74) is 1.82. The number of alkyl carbamates (subject to hydrolysis) is 1. The summed E-state index contributed by atoms with van der Waals surface area (Å²) < 4.78 is 37.1. The number of hydrogen-bond donors (Lipinski definition) is 4. The Kier molecular flexibility index (Phi) is 13.0. The van der Waals surface area contributed by atoms with Gasteiger partial charge < -0.3 is 44.5 Å². The molecule has 15 nitrogen and oxygen atoms in total. The van der Waals surface area contributed by atoms with Crippen molar-refractivity contribution in [2.24, 2.45) is 5.92 Å². The van der Waals surface area contributed by atoms with E-state index in [-0.39, 0.29) is 38.1 Å². The second kappa shape index (κ2) is 17.9. The van der Waals surface area contributed by atoms with E-state index in [4.69, 9.17) is 28.7 Å². The van der Waals surface area contributed by atoms with Gasteiger partial charge >= 0.3 is 13.7 Å². The molecular weight excluding hydrogens is 784 g/mol. The van der Waals surface area contributed by atoms with Gasteiger partial charge in [-0.05, 0) is 84.3 Å². The van der Waals surface area contributed by atoms with E-state index in [0.717, 1.165) is 50.1 Å². The summed E-state index contributed by atoms with van der Waals surface area (Å²) in [6, 6.07) is 5.43. The van der Waals surface area contributed by atoms with Gasteiger partial charge in [0, 0.05) is 41.3 Å². The number of anilines is 1. The van der Waals surface area contributed by atoms with E-state index < -0.39 is 54.9 Å². The zero-order valence-electron chi connectivity index (χ0n) is 33.6. The number of fused-ring (bicyclic) bond motifs is 3. The van der Waals surface area contributed by atoms with Crippen LogP contribution in [0.2, 0.25) is 0 Å². The molecule has 0 radical (unpaired) electrons. The van der Waals surface area contributed by atoms with Crippen molar-refractivity contribution in [1.82, 2.24) is 25.5 Å². The molecule has 7 rings (SSSR count). The molecule has 1 aromatic carbocycles. The number of allylic oxidation sites excluding steroid dienone is 1. The first kappa shape index (κ1) is 41.9. The lowest BCUT2D eigenvalue weighted by molar-refractivity contribution is -0.140. The highest BCUT2D eigenvalue weighted by atomic mass is 32.1. The second-order valence-electron chi connectivity index (χ2n) is 15.9. The van der Waals surface area contributed by atoms with Crippen molar-refractivity contribution < 1.29 is 42.6 Å². The standard InChI is InChI=1S/C41H55N6O9PS/c1-5-54-57(51,52)41-22-26(41)13-9-7-6-8-10-16-31(45-40(50)56-27-14-11-12-15-27)38(49)47-23-29(20-35(47)37(48)46-41)55-36-21-33(34-24-58-39(44-34)42-25(2)3)43-32-19-28(53-4)17-18-30(32)36/h9,13,17-19,21,24-27,29,31,35H,5-8,10-12,14-16,20,22-23H2,1-4H3,(H,42,44)(H,45,50)(H,46,48)(H,51,52)/b13-9-/t26-,29+,31-,35-,41-/m0/s1. The predicted molar refractivity (Wildman–Crippen MR) is 221 cm³/mol. The number of pyridine rings is 1. The highest BCUT2D eigenvalue weighted by Gasteiger charge is 2.67. The number of ether oxygens (including phenoxy) is 3. The summed E-state index contributed by atoms with van der Waals surface area (Å²) in [6.45, 7) is 5.71. The molecule has 314 valence electrons. The van der Waals surface area contributed by atoms with Crippen molar-refractivity contribution in [3.8, 4) is 22.9 Å². The average Bonchev–Trinajstić information content (AvgIpc) is 3.60. The largest absolute Gasteiger partial charge is 0.497 e. The fourth-order valence-electron chi connectivity index (χ4n) is 8.26. The number of aromatic nitrogens is 2. The number of benzene rings is 1. The van der Waals surface area contributed by atoms with Crippen molar-refractivity contribution in [3.05, 3.63) is 41.8 Å². The Balaban J connectivity index is 1.22. The second-order valence-corrected chi connectivity index (χ2v) is 18.9. The van der Waals surface area contributed by atoms with Crippen LogP contribution in [0.25, 0.3) is 22.3 Å². The van der Waals surface area contributed by atoms with Crippen molar-refractivity contribution in [1.29, 1.82) is 0 Å². The molecular formula is C41H55N6O9PS. The van der Waals surface area contributed by atoms with Crippen molar-refractivity contribution >= 4 is 52.9 Å². The van der Waals surface area contributed by atoms with Crippen LogP contribution in [0.1, 0.15) is 91.4 Å². The number of nitrogens with zero attached hydrogens (tertiary/aromatic N) is 3. The number of methoxy groups -OCH3 is 1. The maximum Gasteiger partial charge on any atom is 0.408 e. The normalized spacial score (nSPS) is 27.1. The topological polar surface area (TPSA) is 191 Å². The van der Waals surface area contributed by atoms with Gasteiger partial charge in [-0.25, -0.2) is 14.8 Å². The van der Waals surface area contributed by atoms with Gasteiger partial charge in [0.05, 0.1) is 31.5 Å². The third-order valence-electron chi connectivity index (χ3n) is 11.3. The Hall–Kier alpha value is -4.24. The van der Waals surface area contributed by atoms with Gasteiger partial charge in [0.2, 0.25) is 11.8 Å². The van der Waals surface area contributed by atoms with E-state index in [1.807, 2.05) is 55.6 Å². The van der Waals surface area contributed by atoms with E-state index in [0.29, 0.717) is 46.6 Å². The van der Waals surface area contributed by atoms with Gasteiger partial charge in [0.25, 0.3) is 0 Å². The van der Waals surface area contributed by atoms with E-state index in [1.165, 1.54) is 16.2 Å². The van der Waals surface area contributed by atoms with Gasteiger partial charge in [-0.15, -0.1) is 11.3 Å². The molecule has 2 aromatic heterocycles. The molecule has 3 fully saturated rings. The first-order chi connectivity index (χ1) is 27.9. The van der Waals surface area contributed by atoms with Crippen LogP contribution in [0, 0.1) is 5.92 Å². The smallest absolute Gasteiger partial charge is 0.408 e. The molecule has 17 heteroatoms. The summed E-state index contributed by atoms with van der Waals surface area (Å²) >= 11 is 1.47. The average molecular weight is 839 g/mol. The van der Waals surface area contributed by atoms with E-state index in [2.05, 4.69) is 16.0 Å². The van der Waals surface area contributed by atoms with Gasteiger partial charge in [-0.3, -0.25) is 14.2 Å². The third-order valence-corrected chi connectivity index (χ3v) is 14.3. The fraction of sp³-hybridized carbons (Fsp3) is 0.585. The number of carbonyl (C=O) groups excluding carboxylic acids is 3. The lowest BCUT2D eigenvalue weighted by Gasteiger charge is -2.31. The molecule has 2 aliphatic carbocycles. The van der Waals surface area contributed by atoms with Crippen LogP contribution >= 0.6 is 18.9 Å². The van der Waals surface area contributed by atoms with Crippen molar-refractivity contribution in [2.75, 3.05) is 25.6 Å². The zero-order valence-corrected chi connectivity index (χ0v) is 35.3. The van der Waals surface area contributed by atoms with Gasteiger partial charge in [0.15, 0.2) is 5.13 Å². The lowest BCUT2D eigenvalue weighted by atomic mass is 10.0. The summed E-state index contributed by atoms with van der Waals surface area (Å²) in [4.78, 5) is 64.7. The summed E-state index contributed by atoms with van der Waals surface area (Å²) in [7, 11) is -2.76. The van der Waals surface area contributed by atoms with E-state index >= 15 is 0 Å². The van der Waals surface area contributed by atoms with E-state index in [1.54, 1.807) is 14.0 Å². The lowest BCUT2D eigenvalue weighted by Crippen LogP contribution is -2.55. The molecule has 1 unspecified atom stereocenters. The third kappa shape index (κ3) is 9.30. The maximum absolute atomic E-state index is 14.7. The Labute approximate surface area is 343 Å². The minimum atomic E-state index is -4.34. The molecule has 4 aliphatic rings. The first-order valence-corrected chi connectivity index (χ1v) is 23.0. The van der Waals surface area contributed by atoms with Crippen LogP contribution in [0.15, 0.2) is 41.8 Å². The number of carbonyl (C=O) groups is 3. The van der Waals surface area contributed by atoms with Crippen LogP contribution in [-0.2, 0) is 23.4 Å². The Morgan fingerprint density at radius 3 is 2.64 bits per heavy atom. The Morgan fingerprint density at radius 2 is 1.88 bits per heavy atom. The van der Waals surface area contributed by atoms with Crippen LogP contribution in [0.5, 0.6) is 11.5 Å². The van der Waals surface area contributed by atoms with Crippen LogP contribution < -0.4 is 25.4 Å². The quantitative estimate of drug-likeness (QED) is 0.113. The Morgan fingerprint density at radius 1 is 1.09 bits per heavy atom. The monoisotopic (exact) mass is 838 g/mol. The minimum absolute atomic E-state index is 0.0136. The predicted octanol–water partition coefficient (Wildman–Crippen LogP) is 7.15. The first-order valence-electron chi connectivity index (χ1n) is 20.5. The molecule has 6 atom stereocenters. The van der Waals surface area contributed by atoms with Crippen molar-refractivity contribution in [3.63, 3.8) is 0 Å². The van der Waals surface area contributed by atoms with Crippen LogP contribution in [-0.4, -0.2) is 93.5 Å².